The molecule has 0 saturated heterocycles. The van der Waals surface area contributed by atoms with Gasteiger partial charge in [0.2, 0.25) is 0 Å². The maximum absolute atomic E-state index is 6.70. The molecule has 5 heterocycles. The van der Waals surface area contributed by atoms with E-state index in [0.29, 0.717) is 0 Å². The first-order chi connectivity index (χ1) is 28.2. The van der Waals surface area contributed by atoms with Gasteiger partial charge >= 0.3 is 0 Å². The number of aliphatic imine (C=N–C) groups is 2. The minimum Gasteiger partial charge on any atom is -0.461 e. The fraction of sp³-hybridized carbons (Fsp3) is 0.160. The van der Waals surface area contributed by atoms with Gasteiger partial charge in [-0.3, -0.25) is 0 Å². The molecule has 2 aromatic heterocycles. The first kappa shape index (κ1) is 32.8. The zero-order valence-corrected chi connectivity index (χ0v) is 32.0. The quantitative estimate of drug-likeness (QED) is 0.184. The average molecular weight is 758 g/mol. The number of para-hydroxylation sites is 1. The van der Waals surface area contributed by atoms with Gasteiger partial charge in [-0.05, 0) is 79.4 Å². The van der Waals surface area contributed by atoms with Crippen LogP contribution < -0.4 is 15.4 Å². The molecule has 0 saturated carbocycles. The number of rotatable bonds is 5. The zero-order valence-electron chi connectivity index (χ0n) is 31.2. The third kappa shape index (κ3) is 5.36. The lowest BCUT2D eigenvalue weighted by Crippen LogP contribution is -2.47. The van der Waals surface area contributed by atoms with E-state index in [4.69, 9.17) is 14.7 Å². The molecule has 7 aromatic rings. The normalized spacial score (nSPS) is 21.9. The van der Waals surface area contributed by atoms with Crippen LogP contribution in [0, 0.1) is 0 Å². The molecular formula is C50H39N5OS. The van der Waals surface area contributed by atoms with E-state index in [1.165, 1.54) is 53.5 Å². The number of amidine groups is 2. The smallest absolute Gasteiger partial charge is 0.169 e. The van der Waals surface area contributed by atoms with E-state index in [1.807, 2.05) is 23.6 Å². The Morgan fingerprint density at radius 2 is 1.68 bits per heavy atom. The molecule has 57 heavy (non-hydrogen) atoms. The van der Waals surface area contributed by atoms with Gasteiger partial charge in [-0.1, -0.05) is 103 Å². The Kier molecular flexibility index (Phi) is 7.51. The summed E-state index contributed by atoms with van der Waals surface area (Å²) in [6.07, 6.45) is 19.3. The molecule has 0 bridgehead atoms. The van der Waals surface area contributed by atoms with E-state index in [-0.39, 0.29) is 24.0 Å². The molecule has 3 aliphatic heterocycles. The van der Waals surface area contributed by atoms with Crippen LogP contribution in [0.25, 0.3) is 42.8 Å². The van der Waals surface area contributed by atoms with Crippen LogP contribution in [0.15, 0.2) is 162 Å². The van der Waals surface area contributed by atoms with Crippen molar-refractivity contribution in [3.05, 3.63) is 185 Å². The number of nitrogens with zero attached hydrogens (tertiary/aromatic N) is 3. The maximum atomic E-state index is 6.70. The summed E-state index contributed by atoms with van der Waals surface area (Å²) in [5.41, 5.74) is 9.84. The topological polar surface area (TPSA) is 62.9 Å². The lowest BCUT2D eigenvalue weighted by atomic mass is 9.78. The van der Waals surface area contributed by atoms with Gasteiger partial charge in [-0.25, -0.2) is 9.98 Å². The maximum Gasteiger partial charge on any atom is 0.169 e. The molecule has 6 nitrogen and oxygen atoms in total. The number of fused-ring (bicyclic) bond motifs is 9. The molecule has 4 unspecified atom stereocenters. The van der Waals surface area contributed by atoms with Crippen LogP contribution in [0.5, 0.6) is 5.75 Å². The Hall–Kier alpha value is -6.44. The van der Waals surface area contributed by atoms with Crippen molar-refractivity contribution in [1.29, 1.82) is 0 Å². The van der Waals surface area contributed by atoms with Crippen LogP contribution in [0.4, 0.5) is 0 Å². The second-order valence-corrected chi connectivity index (χ2v) is 16.7. The Labute approximate surface area is 334 Å². The van der Waals surface area contributed by atoms with Crippen LogP contribution in [-0.2, 0) is 6.42 Å². The van der Waals surface area contributed by atoms with Gasteiger partial charge in [0.25, 0.3) is 0 Å². The van der Waals surface area contributed by atoms with Crippen LogP contribution in [0.1, 0.15) is 70.8 Å². The van der Waals surface area contributed by atoms with E-state index >= 15 is 0 Å². The Balaban J connectivity index is 0.885. The highest BCUT2D eigenvalue weighted by Gasteiger charge is 2.38. The molecule has 0 fully saturated rings. The highest BCUT2D eigenvalue weighted by atomic mass is 32.1. The number of hydrogen-bond acceptors (Lipinski definition) is 6. The molecule has 276 valence electrons. The second-order valence-electron chi connectivity index (χ2n) is 15.6. The van der Waals surface area contributed by atoms with E-state index < -0.39 is 0 Å². The average Bonchev–Trinajstić information content (AvgIpc) is 3.95. The largest absolute Gasteiger partial charge is 0.461 e. The minimum absolute atomic E-state index is 0.129. The molecule has 2 aliphatic carbocycles. The summed E-state index contributed by atoms with van der Waals surface area (Å²) in [6, 6.07) is 40.0. The van der Waals surface area contributed by atoms with Crippen LogP contribution >= 0.6 is 11.3 Å². The van der Waals surface area contributed by atoms with Crippen LogP contribution in [-0.4, -0.2) is 22.3 Å². The zero-order chi connectivity index (χ0) is 37.5. The summed E-state index contributed by atoms with van der Waals surface area (Å²) in [7, 11) is 0. The summed E-state index contributed by atoms with van der Waals surface area (Å²) in [5.74, 6) is 4.08. The van der Waals surface area contributed by atoms with Gasteiger partial charge in [-0.2, -0.15) is 0 Å². The predicted octanol–water partition coefficient (Wildman–Crippen LogP) is 11.4. The third-order valence-corrected chi connectivity index (χ3v) is 13.4. The van der Waals surface area contributed by atoms with Crippen molar-refractivity contribution < 1.29 is 4.74 Å². The van der Waals surface area contributed by atoms with Gasteiger partial charge in [0, 0.05) is 65.6 Å². The molecule has 5 aliphatic rings. The SMILES string of the molecule is C1=CC(c2ccc3sc4cc(C5N=C(c6ccccc6)NC(C6CCC=CN6)=N5)ccc4c3c2)C2C(=C1)Oc1cc(-n3c4c(c5ccccc53)C=CCC4)ccc12. The highest BCUT2D eigenvalue weighted by molar-refractivity contribution is 7.25. The van der Waals surface area contributed by atoms with Gasteiger partial charge in [0.15, 0.2) is 6.17 Å². The molecular weight excluding hydrogens is 719 g/mol. The standard InChI is InChI=1S/C50H39N5OS/c1-2-11-30(12-3-1)48-52-49(54-50(53-48)40-16-8-9-26-51-40)32-20-23-37-39-27-31(21-25-45(39)57-46(37)28-32)34-15-10-19-43-47(34)38-24-22-33(29-44(38)56-43)55-41-17-6-4-13-35(41)36-14-5-7-18-42(36)55/h1-6,9-15,17,19-29,34,40,47,49,51H,7-8,16,18H2,(H,52,53,54). The van der Waals surface area contributed by atoms with Crippen molar-refractivity contribution in [1.82, 2.24) is 15.2 Å². The number of benzene rings is 5. The van der Waals surface area contributed by atoms with Crippen molar-refractivity contribution in [2.45, 2.75) is 49.7 Å². The van der Waals surface area contributed by atoms with E-state index in [2.05, 4.69) is 155 Å². The highest BCUT2D eigenvalue weighted by Crippen LogP contribution is 2.52. The summed E-state index contributed by atoms with van der Waals surface area (Å²) in [6.45, 7) is 0. The number of thiophene rings is 1. The monoisotopic (exact) mass is 757 g/mol. The van der Waals surface area contributed by atoms with Gasteiger partial charge < -0.3 is 19.9 Å². The molecule has 4 atom stereocenters. The van der Waals surface area contributed by atoms with Crippen LogP contribution in [0.3, 0.4) is 0 Å². The number of nitrogens with one attached hydrogen (secondary N) is 2. The van der Waals surface area contributed by atoms with Crippen LogP contribution in [0.2, 0.25) is 0 Å². The molecule has 12 rings (SSSR count). The van der Waals surface area contributed by atoms with Gasteiger partial charge in [0.1, 0.15) is 23.2 Å². The molecule has 5 aromatic carbocycles. The second kappa shape index (κ2) is 13.1. The summed E-state index contributed by atoms with van der Waals surface area (Å²) >= 11 is 1.85. The Morgan fingerprint density at radius 1 is 0.772 bits per heavy atom. The van der Waals surface area contributed by atoms with Crippen molar-refractivity contribution in [3.8, 4) is 11.4 Å². The third-order valence-electron chi connectivity index (χ3n) is 12.3. The van der Waals surface area contributed by atoms with E-state index in [1.54, 1.807) is 0 Å². The van der Waals surface area contributed by atoms with Crippen molar-refractivity contribution in [2.24, 2.45) is 9.98 Å². The van der Waals surface area contributed by atoms with Crippen molar-refractivity contribution >= 4 is 60.2 Å². The number of hydrogen-bond donors (Lipinski definition) is 2. The first-order valence-corrected chi connectivity index (χ1v) is 20.9. The molecule has 0 radical (unpaired) electrons. The first-order valence-electron chi connectivity index (χ1n) is 20.1. The fourth-order valence-electron chi connectivity index (χ4n) is 9.56. The Bertz CT molecular complexity index is 2980. The number of ether oxygens (including phenoxy) is 1. The summed E-state index contributed by atoms with van der Waals surface area (Å²) < 4.78 is 11.7. The lowest BCUT2D eigenvalue weighted by Gasteiger charge is -2.28. The van der Waals surface area contributed by atoms with Gasteiger partial charge in [-0.15, -0.1) is 11.3 Å². The molecule has 7 heteroatoms. The molecule has 0 amide bonds. The van der Waals surface area contributed by atoms with Gasteiger partial charge in [0.05, 0.1) is 17.5 Å². The fourth-order valence-corrected chi connectivity index (χ4v) is 10.7. The predicted molar refractivity (Wildman–Crippen MR) is 235 cm³/mol. The van der Waals surface area contributed by atoms with E-state index in [9.17, 15) is 0 Å². The van der Waals surface area contributed by atoms with Crippen molar-refractivity contribution in [2.75, 3.05) is 0 Å². The minimum atomic E-state index is -0.326. The molecule has 2 N–H and O–H groups in total. The van der Waals surface area contributed by atoms with E-state index in [0.717, 1.165) is 65.7 Å². The summed E-state index contributed by atoms with van der Waals surface area (Å²) in [5, 5.41) is 10.9. The summed E-state index contributed by atoms with van der Waals surface area (Å²) in [4.78, 5) is 10.3. The lowest BCUT2D eigenvalue weighted by molar-refractivity contribution is 0.416. The Morgan fingerprint density at radius 3 is 2.61 bits per heavy atom. The number of aromatic nitrogens is 1. The molecule has 0 spiro atoms. The van der Waals surface area contributed by atoms with Crippen molar-refractivity contribution in [3.63, 3.8) is 0 Å². The number of allylic oxidation sites excluding steroid dienone is 6.